The molecule has 1 saturated carbocycles. The van der Waals surface area contributed by atoms with Gasteiger partial charge < -0.3 is 30.2 Å². The average Bonchev–Trinajstić information content (AvgIpc) is 3.82. The SMILES string of the molecule is COC(=O)[C@@H](NC(=O)c1ccc(-c2ccc(OC)cc2)cc1NC(=O)Nc1c(C)cc(C2CC2)cc1C)[C@@H](C)OC(C)(C)C. The van der Waals surface area contributed by atoms with Gasteiger partial charge in [-0.1, -0.05) is 30.3 Å². The molecule has 3 aromatic rings. The van der Waals surface area contributed by atoms with Crippen molar-refractivity contribution < 1.29 is 28.6 Å². The second-order valence-corrected chi connectivity index (χ2v) is 12.3. The van der Waals surface area contributed by atoms with Crippen LogP contribution in [0.4, 0.5) is 16.2 Å². The Labute approximate surface area is 259 Å². The Morgan fingerprint density at radius 2 is 1.48 bits per heavy atom. The molecule has 0 aliphatic heterocycles. The number of methoxy groups -OCH3 is 2. The van der Waals surface area contributed by atoms with E-state index in [0.29, 0.717) is 11.7 Å². The number of aryl methyl sites for hydroxylation is 2. The number of rotatable bonds is 10. The maximum atomic E-state index is 13.7. The third-order valence-electron chi connectivity index (χ3n) is 7.53. The molecule has 1 aliphatic carbocycles. The van der Waals surface area contributed by atoms with Gasteiger partial charge in [-0.3, -0.25) is 4.79 Å². The molecule has 1 fully saturated rings. The predicted molar refractivity (Wildman–Crippen MR) is 173 cm³/mol. The van der Waals surface area contributed by atoms with E-state index in [1.54, 1.807) is 32.2 Å². The lowest BCUT2D eigenvalue weighted by atomic mass is 10.0. The molecule has 0 spiro atoms. The number of anilines is 2. The van der Waals surface area contributed by atoms with Gasteiger partial charge >= 0.3 is 12.0 Å². The van der Waals surface area contributed by atoms with E-state index < -0.39 is 35.7 Å². The van der Waals surface area contributed by atoms with Crippen LogP contribution in [0.15, 0.2) is 54.6 Å². The van der Waals surface area contributed by atoms with Crippen molar-refractivity contribution in [3.05, 3.63) is 76.9 Å². The first-order valence-corrected chi connectivity index (χ1v) is 14.8. The molecule has 0 heterocycles. The maximum absolute atomic E-state index is 13.7. The van der Waals surface area contributed by atoms with Crippen LogP contribution in [-0.4, -0.2) is 49.9 Å². The van der Waals surface area contributed by atoms with E-state index in [0.717, 1.165) is 27.9 Å². The number of urea groups is 1. The molecular weight excluding hydrogens is 558 g/mol. The number of hydrogen-bond acceptors (Lipinski definition) is 6. The van der Waals surface area contributed by atoms with Crippen molar-refractivity contribution in [1.82, 2.24) is 5.32 Å². The van der Waals surface area contributed by atoms with Gasteiger partial charge in [-0.2, -0.15) is 0 Å². The molecule has 234 valence electrons. The summed E-state index contributed by atoms with van der Waals surface area (Å²) >= 11 is 0. The third kappa shape index (κ3) is 8.17. The van der Waals surface area contributed by atoms with Gasteiger partial charge in [0.15, 0.2) is 6.04 Å². The minimum atomic E-state index is -1.08. The highest BCUT2D eigenvalue weighted by Gasteiger charge is 2.32. The van der Waals surface area contributed by atoms with E-state index in [1.165, 1.54) is 25.5 Å². The van der Waals surface area contributed by atoms with Crippen LogP contribution in [0, 0.1) is 13.8 Å². The van der Waals surface area contributed by atoms with Gasteiger partial charge in [0.05, 0.1) is 37.2 Å². The van der Waals surface area contributed by atoms with Crippen molar-refractivity contribution in [2.24, 2.45) is 0 Å². The van der Waals surface area contributed by atoms with Crippen LogP contribution in [0.5, 0.6) is 5.75 Å². The number of esters is 1. The molecule has 1 aliphatic rings. The van der Waals surface area contributed by atoms with Gasteiger partial charge in [-0.15, -0.1) is 0 Å². The molecule has 4 rings (SSSR count). The number of nitrogens with one attached hydrogen (secondary N) is 3. The molecule has 0 aromatic heterocycles. The Morgan fingerprint density at radius 1 is 0.864 bits per heavy atom. The molecule has 44 heavy (non-hydrogen) atoms. The van der Waals surface area contributed by atoms with E-state index in [9.17, 15) is 14.4 Å². The summed E-state index contributed by atoms with van der Waals surface area (Å²) in [4.78, 5) is 39.8. The smallest absolute Gasteiger partial charge is 0.331 e. The summed E-state index contributed by atoms with van der Waals surface area (Å²) in [6.45, 7) is 11.2. The number of ether oxygens (including phenoxy) is 3. The minimum Gasteiger partial charge on any atom is -0.497 e. The zero-order valence-corrected chi connectivity index (χ0v) is 26.8. The van der Waals surface area contributed by atoms with Gasteiger partial charge in [0.2, 0.25) is 0 Å². The standard InChI is InChI=1S/C35H43N3O6/c1-20-17-26(24-9-10-24)18-21(2)30(20)38-34(41)36-29-19-25(23-11-14-27(42-7)15-12-23)13-16-28(29)32(39)37-31(33(40)43-8)22(3)44-35(4,5)6/h11-19,22,24,31H,9-10H2,1-8H3,(H,37,39)(H2,36,38,41)/t22-,31+/m1/s1. The Morgan fingerprint density at radius 3 is 2.02 bits per heavy atom. The highest BCUT2D eigenvalue weighted by atomic mass is 16.5. The van der Waals surface area contributed by atoms with Gasteiger partial charge in [0, 0.05) is 5.69 Å². The van der Waals surface area contributed by atoms with Crippen molar-refractivity contribution in [3.63, 3.8) is 0 Å². The first kappa shape index (κ1) is 32.5. The average molecular weight is 602 g/mol. The van der Waals surface area contributed by atoms with Crippen molar-refractivity contribution in [3.8, 4) is 16.9 Å². The van der Waals surface area contributed by atoms with Crippen molar-refractivity contribution >= 4 is 29.3 Å². The summed E-state index contributed by atoms with van der Waals surface area (Å²) in [5, 5.41) is 8.61. The fourth-order valence-electron chi connectivity index (χ4n) is 5.26. The normalized spacial score (nSPS) is 14.3. The van der Waals surface area contributed by atoms with Crippen LogP contribution < -0.4 is 20.7 Å². The van der Waals surface area contributed by atoms with Gasteiger partial charge in [0.25, 0.3) is 5.91 Å². The molecular formula is C35H43N3O6. The highest BCUT2D eigenvalue weighted by molar-refractivity contribution is 6.08. The summed E-state index contributed by atoms with van der Waals surface area (Å²) in [7, 11) is 2.86. The summed E-state index contributed by atoms with van der Waals surface area (Å²) in [5.41, 5.74) is 5.48. The third-order valence-corrected chi connectivity index (χ3v) is 7.53. The largest absolute Gasteiger partial charge is 0.497 e. The summed E-state index contributed by atoms with van der Waals surface area (Å²) in [5.74, 6) is 0.101. The van der Waals surface area contributed by atoms with Crippen molar-refractivity contribution in [1.29, 1.82) is 0 Å². The van der Waals surface area contributed by atoms with E-state index >= 15 is 0 Å². The van der Waals surface area contributed by atoms with E-state index in [-0.39, 0.29) is 11.3 Å². The lowest BCUT2D eigenvalue weighted by molar-refractivity contribution is -0.150. The van der Waals surface area contributed by atoms with Crippen LogP contribution in [-0.2, 0) is 14.3 Å². The second kappa shape index (κ2) is 13.5. The molecule has 3 N–H and O–H groups in total. The molecule has 3 amide bonds. The molecule has 2 atom stereocenters. The lowest BCUT2D eigenvalue weighted by Crippen LogP contribution is -2.51. The minimum absolute atomic E-state index is 0.173. The monoisotopic (exact) mass is 601 g/mol. The van der Waals surface area contributed by atoms with Crippen LogP contribution in [0.1, 0.15) is 73.5 Å². The molecule has 0 unspecified atom stereocenters. The topological polar surface area (TPSA) is 115 Å². The molecule has 9 nitrogen and oxygen atoms in total. The van der Waals surface area contributed by atoms with Gasteiger partial charge in [0.1, 0.15) is 5.75 Å². The maximum Gasteiger partial charge on any atom is 0.331 e. The van der Waals surface area contributed by atoms with Crippen LogP contribution >= 0.6 is 0 Å². The molecule has 3 aromatic carbocycles. The van der Waals surface area contributed by atoms with Crippen molar-refractivity contribution in [2.45, 2.75) is 78.0 Å². The number of carbonyl (C=O) groups excluding carboxylic acids is 3. The first-order chi connectivity index (χ1) is 20.8. The highest BCUT2D eigenvalue weighted by Crippen LogP contribution is 2.42. The summed E-state index contributed by atoms with van der Waals surface area (Å²) < 4.78 is 16.2. The Bertz CT molecular complexity index is 1500. The Hall–Kier alpha value is -4.37. The quantitative estimate of drug-likeness (QED) is 0.216. The molecule has 0 bridgehead atoms. The first-order valence-electron chi connectivity index (χ1n) is 14.8. The van der Waals surface area contributed by atoms with Gasteiger partial charge in [-0.05, 0) is 112 Å². The summed E-state index contributed by atoms with van der Waals surface area (Å²) in [6, 6.07) is 15.3. The predicted octanol–water partition coefficient (Wildman–Crippen LogP) is 6.98. The molecule has 9 heteroatoms. The van der Waals surface area contributed by atoms with Gasteiger partial charge in [-0.25, -0.2) is 9.59 Å². The number of carbonyl (C=O) groups is 3. The molecule has 0 radical (unpaired) electrons. The Kier molecular flexibility index (Phi) is 9.99. The van der Waals surface area contributed by atoms with E-state index in [4.69, 9.17) is 14.2 Å². The second-order valence-electron chi connectivity index (χ2n) is 12.3. The van der Waals surface area contributed by atoms with Crippen LogP contribution in [0.25, 0.3) is 11.1 Å². The lowest BCUT2D eigenvalue weighted by Gasteiger charge is -2.30. The fraction of sp³-hybridized carbons (Fsp3) is 0.400. The Balaban J connectivity index is 1.65. The number of hydrogen-bond donors (Lipinski definition) is 3. The van der Waals surface area contributed by atoms with Crippen LogP contribution in [0.3, 0.4) is 0 Å². The number of amides is 3. The fourth-order valence-corrected chi connectivity index (χ4v) is 5.26. The van der Waals surface area contributed by atoms with Crippen molar-refractivity contribution in [2.75, 3.05) is 24.9 Å². The van der Waals surface area contributed by atoms with Crippen LogP contribution in [0.2, 0.25) is 0 Å². The summed E-state index contributed by atoms with van der Waals surface area (Å²) in [6.07, 6.45) is 1.70. The molecule has 0 saturated heterocycles. The van der Waals surface area contributed by atoms with E-state index in [2.05, 4.69) is 28.1 Å². The number of benzene rings is 3. The zero-order valence-electron chi connectivity index (χ0n) is 26.8. The van der Waals surface area contributed by atoms with E-state index in [1.807, 2.05) is 58.9 Å². The zero-order chi connectivity index (χ0) is 32.2.